The molecule has 8 nitrogen and oxygen atoms in total. The van der Waals surface area contributed by atoms with E-state index in [1.165, 1.54) is 16.6 Å². The second kappa shape index (κ2) is 8.52. The van der Waals surface area contributed by atoms with Crippen LogP contribution in [0.3, 0.4) is 0 Å². The molecule has 10 heteroatoms. The molecule has 0 fully saturated rings. The van der Waals surface area contributed by atoms with E-state index in [-0.39, 0.29) is 29.8 Å². The summed E-state index contributed by atoms with van der Waals surface area (Å²) in [6.07, 6.45) is 0. The standard InChI is InChI=1S/C21H20ClN5O3S/c1-15-19(22)16(2)27-20(23-15)24-21(25-27)26(13-14-30-17-9-5-3-6-10-17)31(28,29)18-11-7-4-8-12-18/h3-12H,13-14H2,1-2H3. The van der Waals surface area contributed by atoms with Crippen LogP contribution >= 0.6 is 11.6 Å². The Bertz CT molecular complexity index is 1310. The van der Waals surface area contributed by atoms with Crippen LogP contribution in [-0.4, -0.2) is 41.2 Å². The highest BCUT2D eigenvalue weighted by Gasteiger charge is 2.29. The largest absolute Gasteiger partial charge is 0.492 e. The number of para-hydroxylation sites is 1. The third-order valence-electron chi connectivity index (χ3n) is 4.66. The first kappa shape index (κ1) is 21.1. The van der Waals surface area contributed by atoms with Crippen molar-refractivity contribution in [2.24, 2.45) is 0 Å². The summed E-state index contributed by atoms with van der Waals surface area (Å²) >= 11 is 6.28. The number of ether oxygens (including phenoxy) is 1. The fraction of sp³-hybridized carbons (Fsp3) is 0.190. The van der Waals surface area contributed by atoms with Gasteiger partial charge in [0.2, 0.25) is 0 Å². The third-order valence-corrected chi connectivity index (χ3v) is 7.00. The van der Waals surface area contributed by atoms with E-state index in [4.69, 9.17) is 16.3 Å². The minimum Gasteiger partial charge on any atom is -0.492 e. The molecule has 31 heavy (non-hydrogen) atoms. The average molecular weight is 458 g/mol. The highest BCUT2D eigenvalue weighted by atomic mass is 35.5. The van der Waals surface area contributed by atoms with E-state index < -0.39 is 10.0 Å². The minimum atomic E-state index is -3.94. The number of hydrogen-bond donors (Lipinski definition) is 0. The van der Waals surface area contributed by atoms with Gasteiger partial charge >= 0.3 is 0 Å². The lowest BCUT2D eigenvalue weighted by Crippen LogP contribution is -2.35. The summed E-state index contributed by atoms with van der Waals surface area (Å²) in [5.74, 6) is 0.909. The first-order chi connectivity index (χ1) is 14.9. The monoisotopic (exact) mass is 457 g/mol. The second-order valence-corrected chi connectivity index (χ2v) is 9.01. The predicted octanol–water partition coefficient (Wildman–Crippen LogP) is 3.67. The van der Waals surface area contributed by atoms with Gasteiger partial charge in [0.15, 0.2) is 0 Å². The molecule has 0 saturated heterocycles. The fourth-order valence-corrected chi connectivity index (χ4v) is 4.55. The lowest BCUT2D eigenvalue weighted by molar-refractivity contribution is 0.328. The summed E-state index contributed by atoms with van der Waals surface area (Å²) in [6.45, 7) is 3.65. The Kier molecular flexibility index (Phi) is 5.79. The molecule has 2 aromatic carbocycles. The molecule has 2 aromatic heterocycles. The summed E-state index contributed by atoms with van der Waals surface area (Å²) in [5, 5.41) is 4.83. The third kappa shape index (κ3) is 4.19. The molecule has 0 saturated carbocycles. The zero-order valence-corrected chi connectivity index (χ0v) is 18.5. The lowest BCUT2D eigenvalue weighted by Gasteiger charge is -2.21. The van der Waals surface area contributed by atoms with Crippen molar-refractivity contribution in [3.05, 3.63) is 77.1 Å². The van der Waals surface area contributed by atoms with Crippen molar-refractivity contribution in [1.29, 1.82) is 0 Å². The minimum absolute atomic E-state index is 0.00205. The molecule has 0 aliphatic rings. The Morgan fingerprint density at radius 2 is 1.65 bits per heavy atom. The predicted molar refractivity (Wildman–Crippen MR) is 118 cm³/mol. The number of rotatable bonds is 7. The number of aryl methyl sites for hydroxylation is 2. The van der Waals surface area contributed by atoms with E-state index in [9.17, 15) is 8.42 Å². The molecule has 0 spiro atoms. The number of halogens is 1. The summed E-state index contributed by atoms with van der Waals surface area (Å²) in [4.78, 5) is 8.82. The van der Waals surface area contributed by atoms with Gasteiger partial charge < -0.3 is 4.74 Å². The molecule has 0 bridgehead atoms. The number of hydrogen-bond acceptors (Lipinski definition) is 6. The van der Waals surface area contributed by atoms with Gasteiger partial charge in [-0.15, -0.1) is 5.10 Å². The summed E-state index contributed by atoms with van der Waals surface area (Å²) < 4.78 is 35.1. The van der Waals surface area contributed by atoms with Crippen molar-refractivity contribution >= 4 is 33.4 Å². The number of aromatic nitrogens is 4. The van der Waals surface area contributed by atoms with Crippen molar-refractivity contribution in [2.45, 2.75) is 18.7 Å². The normalized spacial score (nSPS) is 11.6. The van der Waals surface area contributed by atoms with Crippen molar-refractivity contribution in [2.75, 3.05) is 17.5 Å². The van der Waals surface area contributed by atoms with Gasteiger partial charge in [0.05, 0.1) is 27.9 Å². The quantitative estimate of drug-likeness (QED) is 0.420. The summed E-state index contributed by atoms with van der Waals surface area (Å²) in [6, 6.07) is 17.3. The maximum Gasteiger partial charge on any atom is 0.266 e. The van der Waals surface area contributed by atoms with E-state index in [1.54, 1.807) is 44.2 Å². The SMILES string of the molecule is Cc1nc2nc(N(CCOc3ccccc3)S(=O)(=O)c3ccccc3)nn2c(C)c1Cl. The second-order valence-electron chi connectivity index (χ2n) is 6.77. The van der Waals surface area contributed by atoms with Gasteiger partial charge in [0, 0.05) is 0 Å². The van der Waals surface area contributed by atoms with Crippen LogP contribution in [0, 0.1) is 13.8 Å². The van der Waals surface area contributed by atoms with Crippen molar-refractivity contribution in [3.8, 4) is 5.75 Å². The van der Waals surface area contributed by atoms with E-state index >= 15 is 0 Å². The Balaban J connectivity index is 1.73. The number of fused-ring (bicyclic) bond motifs is 1. The van der Waals surface area contributed by atoms with Crippen LogP contribution in [0.25, 0.3) is 5.78 Å². The molecule has 0 radical (unpaired) electrons. The van der Waals surface area contributed by atoms with E-state index in [1.807, 2.05) is 18.2 Å². The molecule has 2 heterocycles. The summed E-state index contributed by atoms with van der Waals surface area (Å²) in [5.41, 5.74) is 1.22. The molecule has 160 valence electrons. The van der Waals surface area contributed by atoms with Crippen LogP contribution in [0.2, 0.25) is 5.02 Å². The van der Waals surface area contributed by atoms with Crippen LogP contribution in [0.4, 0.5) is 5.95 Å². The van der Waals surface area contributed by atoms with Crippen molar-refractivity contribution in [3.63, 3.8) is 0 Å². The Morgan fingerprint density at radius 1 is 1.00 bits per heavy atom. The Labute approximate surface area is 185 Å². The molecule has 4 rings (SSSR count). The average Bonchev–Trinajstić information content (AvgIpc) is 3.19. The summed E-state index contributed by atoms with van der Waals surface area (Å²) in [7, 11) is -3.94. The molecular formula is C21H20ClN5O3S. The van der Waals surface area contributed by atoms with Crippen LogP contribution in [-0.2, 0) is 10.0 Å². The maximum atomic E-state index is 13.4. The van der Waals surface area contributed by atoms with Crippen LogP contribution in [0.5, 0.6) is 5.75 Å². The lowest BCUT2D eigenvalue weighted by atomic mass is 10.3. The number of nitrogens with zero attached hydrogens (tertiary/aromatic N) is 5. The van der Waals surface area contributed by atoms with Gasteiger partial charge in [0.1, 0.15) is 12.4 Å². The smallest absolute Gasteiger partial charge is 0.266 e. The maximum absolute atomic E-state index is 13.4. The molecule has 0 atom stereocenters. The highest BCUT2D eigenvalue weighted by molar-refractivity contribution is 7.92. The van der Waals surface area contributed by atoms with Gasteiger partial charge in [0.25, 0.3) is 21.7 Å². The zero-order chi connectivity index (χ0) is 22.0. The van der Waals surface area contributed by atoms with Crippen LogP contribution in [0.1, 0.15) is 11.4 Å². The highest BCUT2D eigenvalue weighted by Crippen LogP contribution is 2.24. The van der Waals surface area contributed by atoms with Gasteiger partial charge in [-0.25, -0.2) is 17.7 Å². The fourth-order valence-electron chi connectivity index (χ4n) is 3.06. The van der Waals surface area contributed by atoms with Gasteiger partial charge in [-0.3, -0.25) is 0 Å². The van der Waals surface area contributed by atoms with E-state index in [0.717, 1.165) is 4.31 Å². The van der Waals surface area contributed by atoms with Crippen LogP contribution in [0.15, 0.2) is 65.6 Å². The molecule has 0 aliphatic carbocycles. The Morgan fingerprint density at radius 3 is 2.32 bits per heavy atom. The first-order valence-electron chi connectivity index (χ1n) is 9.53. The van der Waals surface area contributed by atoms with Gasteiger partial charge in [-0.2, -0.15) is 9.50 Å². The number of anilines is 1. The molecule has 4 aromatic rings. The number of benzene rings is 2. The zero-order valence-electron chi connectivity index (χ0n) is 16.9. The number of sulfonamides is 1. The topological polar surface area (TPSA) is 89.7 Å². The first-order valence-corrected chi connectivity index (χ1v) is 11.3. The van der Waals surface area contributed by atoms with Crippen LogP contribution < -0.4 is 9.04 Å². The molecular weight excluding hydrogens is 438 g/mol. The van der Waals surface area contributed by atoms with E-state index in [2.05, 4.69) is 15.1 Å². The Hall–Kier alpha value is -3.17. The molecule has 0 aliphatic heterocycles. The molecule has 0 amide bonds. The van der Waals surface area contributed by atoms with Gasteiger partial charge in [-0.1, -0.05) is 48.0 Å². The molecule has 0 N–H and O–H groups in total. The van der Waals surface area contributed by atoms with E-state index in [0.29, 0.717) is 22.2 Å². The van der Waals surface area contributed by atoms with Gasteiger partial charge in [-0.05, 0) is 38.1 Å². The molecule has 0 unspecified atom stereocenters. The van der Waals surface area contributed by atoms with Crippen molar-refractivity contribution < 1.29 is 13.2 Å². The van der Waals surface area contributed by atoms with Crippen molar-refractivity contribution in [1.82, 2.24) is 19.6 Å².